The van der Waals surface area contributed by atoms with Crippen molar-refractivity contribution in [3.63, 3.8) is 0 Å². The monoisotopic (exact) mass is 577 g/mol. The van der Waals surface area contributed by atoms with Gasteiger partial charge in [-0.3, -0.25) is 19.4 Å². The van der Waals surface area contributed by atoms with Crippen molar-refractivity contribution < 1.29 is 27.5 Å². The summed E-state index contributed by atoms with van der Waals surface area (Å²) < 4.78 is 44.5. The third-order valence-electron chi connectivity index (χ3n) is 5.95. The molecule has 2 amide bonds. The number of carbonyl (C=O) groups excluding carboxylic acids is 2. The molecular formula is C29H22F3N5O5. The second kappa shape index (κ2) is 12.7. The number of para-hydroxylation sites is 1. The number of aromatic nitrogens is 2. The first-order chi connectivity index (χ1) is 20.0. The van der Waals surface area contributed by atoms with Crippen LogP contribution in [0.25, 0.3) is 0 Å². The molecule has 0 fully saturated rings. The van der Waals surface area contributed by atoms with Crippen molar-refractivity contribution in [2.45, 2.75) is 25.9 Å². The lowest BCUT2D eigenvalue weighted by molar-refractivity contribution is -0.275. The first-order valence-electron chi connectivity index (χ1n) is 12.3. The van der Waals surface area contributed by atoms with Gasteiger partial charge in [-0.25, -0.2) is 4.79 Å². The first kappa shape index (κ1) is 29.3. The number of halogens is 3. The Hall–Kier alpha value is -5.64. The van der Waals surface area contributed by atoms with Gasteiger partial charge in [-0.2, -0.15) is 5.26 Å². The Bertz CT molecular complexity index is 1730. The molecule has 4 rings (SSSR count). The SMILES string of the molecule is N#CCc1ccccc1NC(=O)c1ccc(CN(Cc2ccccc2)C(=O)c2cc(=O)[nH]c(=O)[nH]2)c(OC(F)(F)F)c1. The van der Waals surface area contributed by atoms with Gasteiger partial charge in [-0.1, -0.05) is 54.6 Å². The molecule has 0 saturated carbocycles. The van der Waals surface area contributed by atoms with E-state index in [1.54, 1.807) is 54.6 Å². The van der Waals surface area contributed by atoms with Gasteiger partial charge < -0.3 is 19.9 Å². The van der Waals surface area contributed by atoms with Crippen LogP contribution in [0.5, 0.6) is 5.75 Å². The molecule has 42 heavy (non-hydrogen) atoms. The minimum atomic E-state index is -5.13. The van der Waals surface area contributed by atoms with E-state index in [0.29, 0.717) is 16.8 Å². The Balaban J connectivity index is 1.70. The standard InChI is InChI=1S/C29H22F3N5O5/c30-29(31,32)42-24-14-20(26(39)34-22-9-5-4-8-19(22)12-13-33)10-11-21(24)17-37(16-18-6-2-1-3-7-18)27(40)23-15-25(38)36-28(41)35-23/h1-11,14-15H,12,16-17H2,(H,34,39)(H2,35,36,38,41). The number of benzene rings is 3. The van der Waals surface area contributed by atoms with Gasteiger partial charge in [0.15, 0.2) is 0 Å². The van der Waals surface area contributed by atoms with Crippen LogP contribution in [-0.4, -0.2) is 33.0 Å². The highest BCUT2D eigenvalue weighted by Gasteiger charge is 2.33. The predicted octanol–water partition coefficient (Wildman–Crippen LogP) is 4.12. The van der Waals surface area contributed by atoms with Gasteiger partial charge in [-0.15, -0.1) is 13.2 Å². The van der Waals surface area contributed by atoms with Crippen LogP contribution in [-0.2, 0) is 19.5 Å². The molecule has 13 heteroatoms. The number of amides is 2. The van der Waals surface area contributed by atoms with Gasteiger partial charge in [-0.05, 0) is 29.3 Å². The lowest BCUT2D eigenvalue weighted by Crippen LogP contribution is -2.34. The Morgan fingerprint density at radius 2 is 1.62 bits per heavy atom. The minimum absolute atomic E-state index is 0.00164. The highest BCUT2D eigenvalue weighted by Crippen LogP contribution is 2.30. The van der Waals surface area contributed by atoms with Gasteiger partial charge in [0.2, 0.25) is 0 Å². The zero-order chi connectivity index (χ0) is 30.3. The number of rotatable bonds is 9. The molecule has 1 heterocycles. The maximum Gasteiger partial charge on any atom is 0.573 e. The summed E-state index contributed by atoms with van der Waals surface area (Å²) in [6, 6.07) is 21.2. The molecule has 214 valence electrons. The zero-order valence-corrected chi connectivity index (χ0v) is 21.7. The van der Waals surface area contributed by atoms with Crippen LogP contribution in [0.4, 0.5) is 18.9 Å². The fraction of sp³-hybridized carbons (Fsp3) is 0.138. The van der Waals surface area contributed by atoms with Gasteiger partial charge in [0, 0.05) is 29.4 Å². The Morgan fingerprint density at radius 3 is 2.31 bits per heavy atom. The molecule has 4 aromatic rings. The number of hydrogen-bond acceptors (Lipinski definition) is 6. The van der Waals surface area contributed by atoms with E-state index in [1.165, 1.54) is 12.1 Å². The molecule has 0 aliphatic rings. The number of nitriles is 1. The molecule has 0 saturated heterocycles. The number of anilines is 1. The summed E-state index contributed by atoms with van der Waals surface area (Å²) in [5, 5.41) is 11.6. The topological polar surface area (TPSA) is 148 Å². The van der Waals surface area contributed by atoms with Crippen molar-refractivity contribution >= 4 is 17.5 Å². The van der Waals surface area contributed by atoms with Crippen LogP contribution >= 0.6 is 0 Å². The largest absolute Gasteiger partial charge is 0.573 e. The molecule has 0 bridgehead atoms. The normalized spacial score (nSPS) is 10.9. The van der Waals surface area contributed by atoms with E-state index in [0.717, 1.165) is 17.0 Å². The van der Waals surface area contributed by atoms with Crippen LogP contribution in [0.3, 0.4) is 0 Å². The molecule has 3 N–H and O–H groups in total. The van der Waals surface area contributed by atoms with Crippen LogP contribution in [0.15, 0.2) is 88.5 Å². The van der Waals surface area contributed by atoms with Crippen LogP contribution in [0, 0.1) is 11.3 Å². The van der Waals surface area contributed by atoms with Crippen LogP contribution in [0.2, 0.25) is 0 Å². The van der Waals surface area contributed by atoms with Gasteiger partial charge >= 0.3 is 12.1 Å². The number of carbonyl (C=O) groups is 2. The number of alkyl halides is 3. The van der Waals surface area contributed by atoms with Gasteiger partial charge in [0.1, 0.15) is 11.4 Å². The van der Waals surface area contributed by atoms with Crippen molar-refractivity contribution in [3.05, 3.63) is 128 Å². The lowest BCUT2D eigenvalue weighted by atomic mass is 10.1. The minimum Gasteiger partial charge on any atom is -0.405 e. The number of hydrogen-bond donors (Lipinski definition) is 3. The molecule has 3 aromatic carbocycles. The zero-order valence-electron chi connectivity index (χ0n) is 21.7. The molecule has 0 radical (unpaired) electrons. The molecule has 0 aliphatic heterocycles. The van der Waals surface area contributed by atoms with E-state index in [9.17, 15) is 32.3 Å². The van der Waals surface area contributed by atoms with Crippen molar-refractivity contribution in [1.82, 2.24) is 14.9 Å². The van der Waals surface area contributed by atoms with E-state index in [4.69, 9.17) is 5.26 Å². The third-order valence-corrected chi connectivity index (χ3v) is 5.95. The smallest absolute Gasteiger partial charge is 0.405 e. The number of nitrogens with one attached hydrogen (secondary N) is 3. The van der Waals surface area contributed by atoms with E-state index in [1.807, 2.05) is 11.1 Å². The first-order valence-corrected chi connectivity index (χ1v) is 12.3. The summed E-state index contributed by atoms with van der Waals surface area (Å²) in [5.74, 6) is -2.32. The van der Waals surface area contributed by atoms with Crippen molar-refractivity contribution in [3.8, 4) is 11.8 Å². The van der Waals surface area contributed by atoms with Gasteiger partial charge in [0.05, 0.1) is 19.0 Å². The highest BCUT2D eigenvalue weighted by molar-refractivity contribution is 6.05. The fourth-order valence-corrected chi connectivity index (χ4v) is 4.09. The molecule has 0 atom stereocenters. The average molecular weight is 578 g/mol. The molecule has 1 aromatic heterocycles. The quantitative estimate of drug-likeness (QED) is 0.273. The summed E-state index contributed by atoms with van der Waals surface area (Å²) >= 11 is 0. The molecule has 0 spiro atoms. The number of aromatic amines is 2. The summed E-state index contributed by atoms with van der Waals surface area (Å²) in [7, 11) is 0. The maximum absolute atomic E-state index is 13.4. The van der Waals surface area contributed by atoms with Crippen molar-refractivity contribution in [1.29, 1.82) is 5.26 Å². The van der Waals surface area contributed by atoms with E-state index in [-0.39, 0.29) is 29.8 Å². The van der Waals surface area contributed by atoms with Crippen molar-refractivity contribution in [2.75, 3.05) is 5.32 Å². The van der Waals surface area contributed by atoms with Crippen LogP contribution in [0.1, 0.15) is 37.5 Å². The lowest BCUT2D eigenvalue weighted by Gasteiger charge is -2.24. The molecule has 10 nitrogen and oxygen atoms in total. The summed E-state index contributed by atoms with van der Waals surface area (Å²) in [6.07, 6.45) is -5.13. The highest BCUT2D eigenvalue weighted by atomic mass is 19.4. The van der Waals surface area contributed by atoms with E-state index < -0.39 is 41.7 Å². The second-order valence-corrected chi connectivity index (χ2v) is 8.96. The third kappa shape index (κ3) is 7.72. The summed E-state index contributed by atoms with van der Waals surface area (Å²) in [6.45, 7) is -0.543. The summed E-state index contributed by atoms with van der Waals surface area (Å²) in [5.41, 5.74) is -0.974. The summed E-state index contributed by atoms with van der Waals surface area (Å²) in [4.78, 5) is 55.2. The second-order valence-electron chi connectivity index (χ2n) is 8.96. The van der Waals surface area contributed by atoms with Gasteiger partial charge in [0.25, 0.3) is 17.4 Å². The Labute approximate surface area is 236 Å². The van der Waals surface area contributed by atoms with E-state index >= 15 is 0 Å². The molecule has 0 unspecified atom stereocenters. The Kier molecular flexibility index (Phi) is 8.87. The predicted molar refractivity (Wildman–Crippen MR) is 145 cm³/mol. The van der Waals surface area contributed by atoms with E-state index in [2.05, 4.69) is 15.0 Å². The number of H-pyrrole nitrogens is 2. The fourth-order valence-electron chi connectivity index (χ4n) is 4.09. The number of ether oxygens (including phenoxy) is 1. The Morgan fingerprint density at radius 1 is 0.905 bits per heavy atom. The molecule has 0 aliphatic carbocycles. The average Bonchev–Trinajstić information content (AvgIpc) is 2.93. The number of nitrogens with zero attached hydrogens (tertiary/aromatic N) is 2. The van der Waals surface area contributed by atoms with Crippen LogP contribution < -0.4 is 21.3 Å². The molecular weight excluding hydrogens is 555 g/mol. The maximum atomic E-state index is 13.4. The van der Waals surface area contributed by atoms with Crippen molar-refractivity contribution in [2.24, 2.45) is 0 Å².